The number of ether oxygens (including phenoxy) is 2. The number of carboxylic acids is 1. The predicted molar refractivity (Wildman–Crippen MR) is 86.9 cm³/mol. The molecule has 0 saturated carbocycles. The van der Waals surface area contributed by atoms with Crippen molar-refractivity contribution in [3.05, 3.63) is 28.6 Å². The number of hydrogen-bond acceptors (Lipinski definition) is 6. The smallest absolute Gasteiger partial charge is 0.383 e. The molecule has 0 spiro atoms. The van der Waals surface area contributed by atoms with Crippen molar-refractivity contribution in [3.63, 3.8) is 0 Å². The molecular weight excluding hydrogens is 316 g/mol. The van der Waals surface area contributed by atoms with Crippen LogP contribution in [-0.4, -0.2) is 29.4 Å². The summed E-state index contributed by atoms with van der Waals surface area (Å²) in [7, 11) is 0. The Morgan fingerprint density at radius 3 is 2.71 bits per heavy atom. The maximum absolute atomic E-state index is 12.0. The second kappa shape index (κ2) is 8.24. The highest BCUT2D eigenvalue weighted by Crippen LogP contribution is 2.35. The van der Waals surface area contributed by atoms with Crippen molar-refractivity contribution in [3.8, 4) is 17.2 Å². The third-order valence-corrected chi connectivity index (χ3v) is 3.42. The van der Waals surface area contributed by atoms with Crippen LogP contribution in [0.5, 0.6) is 17.2 Å². The van der Waals surface area contributed by atoms with Crippen molar-refractivity contribution >= 4 is 16.9 Å². The lowest BCUT2D eigenvalue weighted by Gasteiger charge is -2.10. The Labute approximate surface area is 138 Å². The van der Waals surface area contributed by atoms with Crippen LogP contribution in [0.4, 0.5) is 0 Å². The van der Waals surface area contributed by atoms with E-state index in [2.05, 4.69) is 6.92 Å². The van der Waals surface area contributed by atoms with Gasteiger partial charge in [-0.2, -0.15) is 0 Å². The minimum absolute atomic E-state index is 0.0143. The lowest BCUT2D eigenvalue weighted by Crippen LogP contribution is -2.11. The topological polar surface area (TPSA) is 106 Å². The van der Waals surface area contributed by atoms with Crippen LogP contribution in [0.3, 0.4) is 0 Å². The van der Waals surface area contributed by atoms with Crippen LogP contribution in [0.25, 0.3) is 11.0 Å². The van der Waals surface area contributed by atoms with Crippen LogP contribution < -0.4 is 15.1 Å². The zero-order valence-corrected chi connectivity index (χ0v) is 13.4. The molecule has 7 nitrogen and oxygen atoms in total. The normalized spacial score (nSPS) is 10.7. The molecule has 0 saturated heterocycles. The summed E-state index contributed by atoms with van der Waals surface area (Å²) in [6.45, 7) is 1.81. The monoisotopic (exact) mass is 336 g/mol. The molecule has 7 heteroatoms. The molecule has 0 aliphatic heterocycles. The number of unbranched alkanes of at least 4 members (excludes halogenated alkanes) is 3. The average molecular weight is 336 g/mol. The van der Waals surface area contributed by atoms with Gasteiger partial charge in [0.15, 0.2) is 23.7 Å². The summed E-state index contributed by atoms with van der Waals surface area (Å²) >= 11 is 0. The first-order chi connectivity index (χ1) is 11.5. The molecule has 1 aromatic heterocycles. The van der Waals surface area contributed by atoms with Gasteiger partial charge < -0.3 is 24.1 Å². The minimum atomic E-state index is -1.16. The van der Waals surface area contributed by atoms with Gasteiger partial charge in [-0.3, -0.25) is 0 Å². The van der Waals surface area contributed by atoms with Crippen LogP contribution in [0.2, 0.25) is 0 Å². The van der Waals surface area contributed by atoms with Crippen LogP contribution >= 0.6 is 0 Å². The van der Waals surface area contributed by atoms with Gasteiger partial charge in [-0.05, 0) is 18.6 Å². The quantitative estimate of drug-likeness (QED) is 0.535. The van der Waals surface area contributed by atoms with Crippen molar-refractivity contribution in [1.29, 1.82) is 0 Å². The van der Waals surface area contributed by atoms with E-state index in [0.29, 0.717) is 6.61 Å². The Bertz CT molecular complexity index is 763. The summed E-state index contributed by atoms with van der Waals surface area (Å²) in [6.07, 6.45) is 3.91. The molecule has 0 bridgehead atoms. The van der Waals surface area contributed by atoms with E-state index in [1.165, 1.54) is 12.1 Å². The molecule has 1 aromatic carbocycles. The fourth-order valence-electron chi connectivity index (χ4n) is 2.25. The molecule has 0 fully saturated rings. The zero-order valence-electron chi connectivity index (χ0n) is 13.4. The SMILES string of the molecule is CCCCCCOc1c(O)c2cccc(OCC(=O)O)c2oc1=O. The van der Waals surface area contributed by atoms with E-state index in [0.717, 1.165) is 25.7 Å². The Morgan fingerprint density at radius 2 is 2.00 bits per heavy atom. The highest BCUT2D eigenvalue weighted by molar-refractivity contribution is 5.89. The lowest BCUT2D eigenvalue weighted by atomic mass is 10.2. The van der Waals surface area contributed by atoms with E-state index >= 15 is 0 Å². The van der Waals surface area contributed by atoms with Crippen molar-refractivity contribution in [2.45, 2.75) is 32.6 Å². The highest BCUT2D eigenvalue weighted by atomic mass is 16.5. The highest BCUT2D eigenvalue weighted by Gasteiger charge is 2.18. The maximum atomic E-state index is 12.0. The maximum Gasteiger partial charge on any atom is 0.383 e. The van der Waals surface area contributed by atoms with Crippen molar-refractivity contribution < 1.29 is 28.9 Å². The summed E-state index contributed by atoms with van der Waals surface area (Å²) < 4.78 is 15.6. The Morgan fingerprint density at radius 1 is 1.21 bits per heavy atom. The summed E-state index contributed by atoms with van der Waals surface area (Å²) in [5, 5.41) is 19.2. The van der Waals surface area contributed by atoms with Crippen LogP contribution in [0.15, 0.2) is 27.4 Å². The standard InChI is InChI=1S/C17H20O7/c1-2-3-4-5-9-22-16-14(20)11-7-6-8-12(23-10-13(18)19)15(11)24-17(16)21/h6-8,20H,2-5,9-10H2,1H3,(H,18,19). The second-order valence-electron chi connectivity index (χ2n) is 5.29. The number of rotatable bonds is 9. The first-order valence-electron chi connectivity index (χ1n) is 7.80. The van der Waals surface area contributed by atoms with Gasteiger partial charge >= 0.3 is 11.6 Å². The fourth-order valence-corrected chi connectivity index (χ4v) is 2.25. The Kier molecular flexibility index (Phi) is 6.06. The van der Waals surface area contributed by atoms with Gasteiger partial charge in [0.05, 0.1) is 12.0 Å². The van der Waals surface area contributed by atoms with E-state index in [9.17, 15) is 14.7 Å². The molecule has 0 aliphatic carbocycles. The predicted octanol–water partition coefficient (Wildman–Crippen LogP) is 2.92. The largest absolute Gasteiger partial charge is 0.504 e. The van der Waals surface area contributed by atoms with E-state index in [1.807, 2.05) is 0 Å². The number of carboxylic acid groups (broad SMARTS) is 1. The molecular formula is C17H20O7. The van der Waals surface area contributed by atoms with E-state index in [4.69, 9.17) is 19.0 Å². The van der Waals surface area contributed by atoms with Crippen LogP contribution in [-0.2, 0) is 4.79 Å². The van der Waals surface area contributed by atoms with Gasteiger partial charge in [-0.1, -0.05) is 32.3 Å². The van der Waals surface area contributed by atoms with Gasteiger partial charge in [-0.25, -0.2) is 9.59 Å². The summed E-state index contributed by atoms with van der Waals surface area (Å²) in [5.74, 6) is -1.67. The van der Waals surface area contributed by atoms with Gasteiger partial charge in [0.2, 0.25) is 5.75 Å². The van der Waals surface area contributed by atoms with Crippen molar-refractivity contribution in [1.82, 2.24) is 0 Å². The summed E-state index contributed by atoms with van der Waals surface area (Å²) in [6, 6.07) is 4.55. The fraction of sp³-hybridized carbons (Fsp3) is 0.412. The number of fused-ring (bicyclic) bond motifs is 1. The summed E-state index contributed by atoms with van der Waals surface area (Å²) in [5.41, 5.74) is -0.846. The number of benzene rings is 1. The van der Waals surface area contributed by atoms with Gasteiger partial charge in [0, 0.05) is 0 Å². The van der Waals surface area contributed by atoms with Crippen molar-refractivity contribution in [2.75, 3.05) is 13.2 Å². The second-order valence-corrected chi connectivity index (χ2v) is 5.29. The van der Waals surface area contributed by atoms with Gasteiger partial charge in [0.25, 0.3) is 0 Å². The van der Waals surface area contributed by atoms with Crippen LogP contribution in [0, 0.1) is 0 Å². The first-order valence-corrected chi connectivity index (χ1v) is 7.80. The third-order valence-electron chi connectivity index (χ3n) is 3.42. The zero-order chi connectivity index (χ0) is 17.5. The molecule has 2 N–H and O–H groups in total. The van der Waals surface area contributed by atoms with Gasteiger partial charge in [0.1, 0.15) is 0 Å². The van der Waals surface area contributed by atoms with E-state index in [1.54, 1.807) is 6.07 Å². The van der Waals surface area contributed by atoms with Crippen LogP contribution in [0.1, 0.15) is 32.6 Å². The molecule has 0 unspecified atom stereocenters. The molecule has 24 heavy (non-hydrogen) atoms. The molecule has 130 valence electrons. The van der Waals surface area contributed by atoms with E-state index in [-0.39, 0.29) is 28.2 Å². The Hall–Kier alpha value is -2.70. The molecule has 2 aromatic rings. The number of aliphatic carboxylic acids is 1. The number of aromatic hydroxyl groups is 1. The van der Waals surface area contributed by atoms with Crippen molar-refractivity contribution in [2.24, 2.45) is 0 Å². The number of hydrogen-bond donors (Lipinski definition) is 2. The molecule has 2 rings (SSSR count). The van der Waals surface area contributed by atoms with E-state index < -0.39 is 18.2 Å². The third kappa shape index (κ3) is 4.18. The first kappa shape index (κ1) is 17.7. The number of carbonyl (C=O) groups is 1. The molecule has 0 amide bonds. The lowest BCUT2D eigenvalue weighted by molar-refractivity contribution is -0.139. The Balaban J connectivity index is 2.26. The summed E-state index contributed by atoms with van der Waals surface area (Å²) in [4.78, 5) is 22.6. The molecule has 0 aliphatic rings. The molecule has 0 atom stereocenters. The average Bonchev–Trinajstić information content (AvgIpc) is 2.55. The molecule has 0 radical (unpaired) electrons. The minimum Gasteiger partial charge on any atom is -0.504 e. The number of para-hydroxylation sites is 1. The van der Waals surface area contributed by atoms with Gasteiger partial charge in [-0.15, -0.1) is 0 Å². The molecule has 1 heterocycles.